The van der Waals surface area contributed by atoms with Crippen molar-refractivity contribution in [3.63, 3.8) is 0 Å². The number of carbonyl (C=O) groups is 1. The highest BCUT2D eigenvalue weighted by atomic mass is 35.5. The van der Waals surface area contributed by atoms with E-state index in [2.05, 4.69) is 15.1 Å². The van der Waals surface area contributed by atoms with Crippen molar-refractivity contribution in [2.75, 3.05) is 33.3 Å². The Hall–Kier alpha value is -2.54. The Morgan fingerprint density at radius 1 is 1.07 bits per heavy atom. The maximum atomic E-state index is 12.9. The van der Waals surface area contributed by atoms with Crippen LogP contribution in [-0.2, 0) is 6.54 Å². The molecule has 0 saturated carbocycles. The summed E-state index contributed by atoms with van der Waals surface area (Å²) in [5.74, 6) is 0.745. The van der Waals surface area contributed by atoms with Crippen molar-refractivity contribution in [1.29, 1.82) is 0 Å². The van der Waals surface area contributed by atoms with Crippen LogP contribution in [-0.4, -0.2) is 59.2 Å². The fraction of sp³-hybridized carbons (Fsp3) is 0.273. The lowest BCUT2D eigenvalue weighted by atomic mass is 10.1. The van der Waals surface area contributed by atoms with Crippen LogP contribution in [0.25, 0.3) is 11.3 Å². The number of methoxy groups -OCH3 is 1. The van der Waals surface area contributed by atoms with Gasteiger partial charge in [0.25, 0.3) is 5.91 Å². The summed E-state index contributed by atoms with van der Waals surface area (Å²) < 4.78 is 5.18. The van der Waals surface area contributed by atoms with Gasteiger partial charge in [-0.15, -0.1) is 0 Å². The van der Waals surface area contributed by atoms with Gasteiger partial charge < -0.3 is 9.64 Å². The highest BCUT2D eigenvalue weighted by Gasteiger charge is 2.24. The first-order valence-corrected chi connectivity index (χ1v) is 10.4. The molecule has 1 aliphatic heterocycles. The zero-order chi connectivity index (χ0) is 21.1. The van der Waals surface area contributed by atoms with Crippen molar-refractivity contribution < 1.29 is 9.53 Å². The number of H-pyrrole nitrogens is 1. The van der Waals surface area contributed by atoms with Crippen molar-refractivity contribution in [2.45, 2.75) is 6.54 Å². The summed E-state index contributed by atoms with van der Waals surface area (Å²) in [5.41, 5.74) is 3.20. The first-order valence-electron chi connectivity index (χ1n) is 9.69. The van der Waals surface area contributed by atoms with Crippen molar-refractivity contribution >= 4 is 29.1 Å². The number of amides is 1. The maximum Gasteiger partial charge on any atom is 0.271 e. The zero-order valence-electron chi connectivity index (χ0n) is 16.6. The number of aromatic amines is 1. The Bertz CT molecular complexity index is 1030. The molecule has 2 heterocycles. The number of nitrogens with zero attached hydrogens (tertiary/aromatic N) is 3. The van der Waals surface area contributed by atoms with E-state index in [1.54, 1.807) is 19.2 Å². The van der Waals surface area contributed by atoms with E-state index in [1.165, 1.54) is 0 Å². The van der Waals surface area contributed by atoms with Crippen LogP contribution in [0.15, 0.2) is 48.5 Å². The van der Waals surface area contributed by atoms with Crippen LogP contribution in [0.1, 0.15) is 16.1 Å². The van der Waals surface area contributed by atoms with Gasteiger partial charge in [0.2, 0.25) is 0 Å². The van der Waals surface area contributed by atoms with Crippen LogP contribution in [0.3, 0.4) is 0 Å². The lowest BCUT2D eigenvalue weighted by Crippen LogP contribution is -2.48. The van der Waals surface area contributed by atoms with Crippen molar-refractivity contribution in [1.82, 2.24) is 20.0 Å². The van der Waals surface area contributed by atoms with Gasteiger partial charge in [0.15, 0.2) is 0 Å². The number of benzene rings is 2. The Morgan fingerprint density at radius 2 is 1.80 bits per heavy atom. The van der Waals surface area contributed by atoms with Crippen molar-refractivity contribution in [3.05, 3.63) is 69.8 Å². The topological polar surface area (TPSA) is 61.5 Å². The van der Waals surface area contributed by atoms with Crippen LogP contribution in [0.4, 0.5) is 0 Å². The van der Waals surface area contributed by atoms with Gasteiger partial charge in [0.1, 0.15) is 11.4 Å². The van der Waals surface area contributed by atoms with Gasteiger partial charge in [-0.05, 0) is 48.0 Å². The molecule has 30 heavy (non-hydrogen) atoms. The number of aromatic nitrogens is 2. The summed E-state index contributed by atoms with van der Waals surface area (Å²) in [6, 6.07) is 14.9. The van der Waals surface area contributed by atoms with Crippen LogP contribution >= 0.6 is 23.2 Å². The lowest BCUT2D eigenvalue weighted by Gasteiger charge is -2.34. The lowest BCUT2D eigenvalue weighted by molar-refractivity contribution is 0.0622. The minimum Gasteiger partial charge on any atom is -0.497 e. The average molecular weight is 445 g/mol. The van der Waals surface area contributed by atoms with Gasteiger partial charge in [-0.1, -0.05) is 29.3 Å². The molecule has 0 aliphatic carbocycles. The second kappa shape index (κ2) is 9.08. The second-order valence-electron chi connectivity index (χ2n) is 7.20. The van der Waals surface area contributed by atoms with Crippen LogP contribution in [0.5, 0.6) is 5.75 Å². The first kappa shape index (κ1) is 20.7. The summed E-state index contributed by atoms with van der Waals surface area (Å²) in [6.45, 7) is 3.61. The Labute approximate surface area is 185 Å². The number of hydrogen-bond donors (Lipinski definition) is 1. The first-order chi connectivity index (χ1) is 14.5. The third kappa shape index (κ3) is 4.61. The van der Waals surface area contributed by atoms with E-state index >= 15 is 0 Å². The molecule has 156 valence electrons. The van der Waals surface area contributed by atoms with Gasteiger partial charge in [-0.3, -0.25) is 14.8 Å². The van der Waals surface area contributed by atoms with Gasteiger partial charge in [-0.25, -0.2) is 0 Å². The largest absolute Gasteiger partial charge is 0.497 e. The number of halogens is 2. The summed E-state index contributed by atoms with van der Waals surface area (Å²) in [4.78, 5) is 17.0. The molecule has 1 N–H and O–H groups in total. The molecule has 1 amide bonds. The van der Waals surface area contributed by atoms with Crippen LogP contribution < -0.4 is 4.74 Å². The van der Waals surface area contributed by atoms with E-state index in [0.717, 1.165) is 42.2 Å². The van der Waals surface area contributed by atoms with Gasteiger partial charge in [0, 0.05) is 48.3 Å². The van der Waals surface area contributed by atoms with Gasteiger partial charge >= 0.3 is 0 Å². The molecular formula is C22H22Cl2N4O2. The average Bonchev–Trinajstić information content (AvgIpc) is 3.26. The number of rotatable bonds is 5. The number of piperazine rings is 1. The Balaban J connectivity index is 1.35. The molecule has 3 aromatic rings. The third-order valence-corrected chi connectivity index (χ3v) is 5.85. The number of nitrogens with one attached hydrogen (secondary N) is 1. The fourth-order valence-corrected chi connectivity index (χ4v) is 3.98. The monoisotopic (exact) mass is 444 g/mol. The minimum absolute atomic E-state index is 0.0357. The molecule has 4 rings (SSSR count). The standard InChI is InChI=1S/C22H22Cl2N4O2/c1-30-18-6-3-15(4-7-18)20-13-21(26-25-20)22(29)28-10-8-27(9-11-28)14-16-2-5-17(23)12-19(16)24/h2-7,12-13H,8-11,14H2,1H3,(H,25,26). The molecule has 8 heteroatoms. The van der Waals surface area contributed by atoms with E-state index in [-0.39, 0.29) is 5.91 Å². The summed E-state index contributed by atoms with van der Waals surface area (Å²) >= 11 is 12.3. The number of hydrogen-bond acceptors (Lipinski definition) is 4. The summed E-state index contributed by atoms with van der Waals surface area (Å²) in [7, 11) is 1.63. The maximum absolute atomic E-state index is 12.9. The van der Waals surface area contributed by atoms with E-state index < -0.39 is 0 Å². The van der Waals surface area contributed by atoms with E-state index in [4.69, 9.17) is 27.9 Å². The molecule has 1 aliphatic rings. The van der Waals surface area contributed by atoms with Crippen LogP contribution in [0.2, 0.25) is 10.0 Å². The zero-order valence-corrected chi connectivity index (χ0v) is 18.1. The van der Waals surface area contributed by atoms with E-state index in [1.807, 2.05) is 41.3 Å². The van der Waals surface area contributed by atoms with Gasteiger partial charge in [-0.2, -0.15) is 5.10 Å². The molecule has 0 bridgehead atoms. The normalized spacial score (nSPS) is 14.7. The number of carbonyl (C=O) groups excluding carboxylic acids is 1. The summed E-state index contributed by atoms with van der Waals surface area (Å²) in [6.07, 6.45) is 0. The fourth-order valence-electron chi connectivity index (χ4n) is 3.51. The molecule has 0 spiro atoms. The molecule has 0 atom stereocenters. The van der Waals surface area contributed by atoms with E-state index in [9.17, 15) is 4.79 Å². The molecule has 2 aromatic carbocycles. The highest BCUT2D eigenvalue weighted by Crippen LogP contribution is 2.24. The van der Waals surface area contributed by atoms with E-state index in [0.29, 0.717) is 28.8 Å². The smallest absolute Gasteiger partial charge is 0.271 e. The SMILES string of the molecule is COc1ccc(-c2cc(C(=O)N3CCN(Cc4ccc(Cl)cc4Cl)CC3)[nH]n2)cc1. The summed E-state index contributed by atoms with van der Waals surface area (Å²) in [5, 5.41) is 8.48. The Kier molecular flexibility index (Phi) is 6.27. The molecule has 1 aromatic heterocycles. The molecule has 6 nitrogen and oxygen atoms in total. The predicted octanol–water partition coefficient (Wildman–Crippen LogP) is 4.35. The predicted molar refractivity (Wildman–Crippen MR) is 118 cm³/mol. The van der Waals surface area contributed by atoms with Crippen molar-refractivity contribution in [2.24, 2.45) is 0 Å². The molecule has 0 radical (unpaired) electrons. The third-order valence-electron chi connectivity index (χ3n) is 5.26. The minimum atomic E-state index is -0.0357. The molecular weight excluding hydrogens is 423 g/mol. The number of ether oxygens (including phenoxy) is 1. The van der Waals surface area contributed by atoms with Gasteiger partial charge in [0.05, 0.1) is 12.8 Å². The van der Waals surface area contributed by atoms with Crippen molar-refractivity contribution in [3.8, 4) is 17.0 Å². The highest BCUT2D eigenvalue weighted by molar-refractivity contribution is 6.35. The van der Waals surface area contributed by atoms with Crippen LogP contribution in [0, 0.1) is 0 Å². The molecule has 0 unspecified atom stereocenters. The Morgan fingerprint density at radius 3 is 2.47 bits per heavy atom. The second-order valence-corrected chi connectivity index (χ2v) is 8.04. The molecule has 1 fully saturated rings. The quantitative estimate of drug-likeness (QED) is 0.635. The molecule has 1 saturated heterocycles.